The number of ether oxygens (including phenoxy) is 1. The van der Waals surface area contributed by atoms with Crippen molar-refractivity contribution in [3.8, 4) is 5.75 Å². The first kappa shape index (κ1) is 20.9. The minimum absolute atomic E-state index is 0.0245. The number of benzene rings is 3. The maximum Gasteiger partial charge on any atom is 0.275 e. The van der Waals surface area contributed by atoms with E-state index in [1.54, 1.807) is 7.11 Å². The molecule has 0 bridgehead atoms. The summed E-state index contributed by atoms with van der Waals surface area (Å²) in [5.74, 6) is 0.763. The van der Waals surface area contributed by atoms with Gasteiger partial charge in [0.25, 0.3) is 5.91 Å². The van der Waals surface area contributed by atoms with Crippen molar-refractivity contribution in [2.45, 2.75) is 19.0 Å². The molecule has 0 aliphatic heterocycles. The summed E-state index contributed by atoms with van der Waals surface area (Å²) in [4.78, 5) is 12.7. The highest BCUT2D eigenvalue weighted by molar-refractivity contribution is 6.30. The van der Waals surface area contributed by atoms with Crippen molar-refractivity contribution in [3.05, 3.63) is 101 Å². The smallest absolute Gasteiger partial charge is 0.275 e. The molecular formula is C24H26ClN2O2+. The summed E-state index contributed by atoms with van der Waals surface area (Å²) in [5.41, 5.74) is 3.14. The topological polar surface area (TPSA) is 54.9 Å². The molecule has 0 aliphatic rings. The minimum Gasteiger partial charge on any atom is -0.497 e. The fourth-order valence-electron chi connectivity index (χ4n) is 3.23. The van der Waals surface area contributed by atoms with Gasteiger partial charge in [-0.2, -0.15) is 0 Å². The van der Waals surface area contributed by atoms with Crippen LogP contribution in [0.2, 0.25) is 5.02 Å². The van der Waals surface area contributed by atoms with E-state index in [-0.39, 0.29) is 18.0 Å². The molecule has 0 fully saturated rings. The predicted molar refractivity (Wildman–Crippen MR) is 116 cm³/mol. The summed E-state index contributed by atoms with van der Waals surface area (Å²) >= 11 is 6.08. The van der Waals surface area contributed by atoms with Gasteiger partial charge in [-0.15, -0.1) is 0 Å². The van der Waals surface area contributed by atoms with E-state index in [9.17, 15) is 4.79 Å². The molecule has 2 atom stereocenters. The number of rotatable bonds is 8. The van der Waals surface area contributed by atoms with Crippen molar-refractivity contribution in [2.75, 3.05) is 13.7 Å². The van der Waals surface area contributed by atoms with Gasteiger partial charge in [-0.1, -0.05) is 66.2 Å². The number of amides is 1. The van der Waals surface area contributed by atoms with Crippen LogP contribution in [0.4, 0.5) is 0 Å². The van der Waals surface area contributed by atoms with Gasteiger partial charge in [0.2, 0.25) is 0 Å². The maximum atomic E-state index is 12.7. The van der Waals surface area contributed by atoms with Gasteiger partial charge in [0, 0.05) is 10.6 Å². The Labute approximate surface area is 176 Å². The van der Waals surface area contributed by atoms with E-state index in [1.165, 1.54) is 0 Å². The molecule has 0 saturated heterocycles. The van der Waals surface area contributed by atoms with E-state index >= 15 is 0 Å². The van der Waals surface area contributed by atoms with Crippen LogP contribution in [-0.4, -0.2) is 19.6 Å². The summed E-state index contributed by atoms with van der Waals surface area (Å²) in [6, 6.07) is 25.4. The zero-order valence-electron chi connectivity index (χ0n) is 16.6. The number of carbonyl (C=O) groups excluding carboxylic acids is 1. The highest BCUT2D eigenvalue weighted by Crippen LogP contribution is 2.24. The average Bonchev–Trinajstić information content (AvgIpc) is 2.76. The molecule has 1 amide bonds. The van der Waals surface area contributed by atoms with Crippen molar-refractivity contribution in [1.82, 2.24) is 5.32 Å². The number of quaternary nitrogens is 1. The monoisotopic (exact) mass is 409 g/mol. The number of hydrogen-bond donors (Lipinski definition) is 2. The van der Waals surface area contributed by atoms with E-state index in [0.29, 0.717) is 11.6 Å². The van der Waals surface area contributed by atoms with Crippen molar-refractivity contribution < 1.29 is 14.8 Å². The third-order valence-electron chi connectivity index (χ3n) is 4.92. The first-order chi connectivity index (χ1) is 14.1. The Morgan fingerprint density at radius 2 is 1.62 bits per heavy atom. The quantitative estimate of drug-likeness (QED) is 0.593. The zero-order chi connectivity index (χ0) is 20.6. The van der Waals surface area contributed by atoms with Crippen LogP contribution in [0, 0.1) is 0 Å². The molecule has 0 saturated carbocycles. The van der Waals surface area contributed by atoms with Gasteiger partial charge >= 0.3 is 0 Å². The summed E-state index contributed by atoms with van der Waals surface area (Å²) in [5, 5.41) is 5.88. The first-order valence-electron chi connectivity index (χ1n) is 9.64. The second-order valence-electron chi connectivity index (χ2n) is 6.97. The van der Waals surface area contributed by atoms with Crippen molar-refractivity contribution in [2.24, 2.45) is 0 Å². The van der Waals surface area contributed by atoms with Gasteiger partial charge in [-0.3, -0.25) is 4.79 Å². The molecule has 3 aromatic carbocycles. The van der Waals surface area contributed by atoms with Gasteiger partial charge in [-0.05, 0) is 42.3 Å². The molecule has 0 radical (unpaired) electrons. The van der Waals surface area contributed by atoms with Gasteiger partial charge in [0.15, 0.2) is 6.54 Å². The van der Waals surface area contributed by atoms with Crippen molar-refractivity contribution in [1.29, 1.82) is 0 Å². The fourth-order valence-corrected chi connectivity index (χ4v) is 3.43. The summed E-state index contributed by atoms with van der Waals surface area (Å²) in [6.45, 7) is 2.39. The number of nitrogens with one attached hydrogen (secondary N) is 1. The van der Waals surface area contributed by atoms with Gasteiger partial charge in [0.1, 0.15) is 11.8 Å². The highest BCUT2D eigenvalue weighted by Gasteiger charge is 2.19. The second-order valence-corrected chi connectivity index (χ2v) is 7.40. The van der Waals surface area contributed by atoms with Crippen LogP contribution >= 0.6 is 11.6 Å². The number of carbonyl (C=O) groups is 1. The normalized spacial score (nSPS) is 12.8. The summed E-state index contributed by atoms with van der Waals surface area (Å²) in [7, 11) is 1.64. The van der Waals surface area contributed by atoms with Crippen LogP contribution in [-0.2, 0) is 4.79 Å². The maximum absolute atomic E-state index is 12.7. The molecule has 3 rings (SSSR count). The Morgan fingerprint density at radius 3 is 2.28 bits per heavy atom. The van der Waals surface area contributed by atoms with Crippen LogP contribution < -0.4 is 15.4 Å². The SMILES string of the molecule is COc1ccc([C@H](NC(=O)C[NH2+][C@@H](C)c2cccc(Cl)c2)c2ccccc2)cc1. The molecule has 0 spiro atoms. The molecule has 3 N–H and O–H groups in total. The van der Waals surface area contributed by atoms with E-state index in [1.807, 2.05) is 84.2 Å². The molecule has 0 aromatic heterocycles. The van der Waals surface area contributed by atoms with E-state index in [4.69, 9.17) is 16.3 Å². The number of halogens is 1. The summed E-state index contributed by atoms with van der Waals surface area (Å²) < 4.78 is 5.25. The van der Waals surface area contributed by atoms with E-state index < -0.39 is 0 Å². The van der Waals surface area contributed by atoms with Crippen LogP contribution in [0.1, 0.15) is 35.7 Å². The Bertz CT molecular complexity index is 929. The largest absolute Gasteiger partial charge is 0.497 e. The summed E-state index contributed by atoms with van der Waals surface area (Å²) in [6.07, 6.45) is 0. The molecule has 4 nitrogen and oxygen atoms in total. The predicted octanol–water partition coefficient (Wildman–Crippen LogP) is 3.88. The molecule has 0 heterocycles. The van der Waals surface area contributed by atoms with E-state index in [0.717, 1.165) is 22.4 Å². The first-order valence-corrected chi connectivity index (χ1v) is 10.0. The Balaban J connectivity index is 1.69. The third-order valence-corrected chi connectivity index (χ3v) is 5.15. The van der Waals surface area contributed by atoms with Crippen LogP contribution in [0.5, 0.6) is 5.75 Å². The fraction of sp³-hybridized carbons (Fsp3) is 0.208. The van der Waals surface area contributed by atoms with Crippen LogP contribution in [0.3, 0.4) is 0 Å². The lowest BCUT2D eigenvalue weighted by atomic mass is 9.98. The molecule has 150 valence electrons. The van der Waals surface area contributed by atoms with Crippen molar-refractivity contribution in [3.63, 3.8) is 0 Å². The van der Waals surface area contributed by atoms with Gasteiger partial charge < -0.3 is 15.4 Å². The number of nitrogens with two attached hydrogens (primary N) is 1. The molecule has 0 unspecified atom stereocenters. The lowest BCUT2D eigenvalue weighted by Gasteiger charge is -2.20. The van der Waals surface area contributed by atoms with Crippen molar-refractivity contribution >= 4 is 17.5 Å². The minimum atomic E-state index is -0.218. The van der Waals surface area contributed by atoms with Crippen LogP contribution in [0.25, 0.3) is 0 Å². The Morgan fingerprint density at radius 1 is 0.966 bits per heavy atom. The van der Waals surface area contributed by atoms with Crippen LogP contribution in [0.15, 0.2) is 78.9 Å². The molecule has 0 aliphatic carbocycles. The molecule has 3 aromatic rings. The van der Waals surface area contributed by atoms with E-state index in [2.05, 4.69) is 12.2 Å². The zero-order valence-corrected chi connectivity index (χ0v) is 17.4. The molecular weight excluding hydrogens is 384 g/mol. The second kappa shape index (κ2) is 10.1. The standard InChI is InChI=1S/C24H25ClN2O2/c1-17(20-9-6-10-21(25)15-20)26-16-23(28)27-24(18-7-4-3-5-8-18)19-11-13-22(29-2)14-12-19/h3-15,17,24,26H,16H2,1-2H3,(H,27,28)/p+1/t17-,24+/m0/s1. The lowest BCUT2D eigenvalue weighted by Crippen LogP contribution is -2.87. The number of methoxy groups -OCH3 is 1. The average molecular weight is 410 g/mol. The Kier molecular flexibility index (Phi) is 7.28. The Hall–Kier alpha value is -2.82. The third kappa shape index (κ3) is 5.83. The van der Waals surface area contributed by atoms with Gasteiger partial charge in [-0.25, -0.2) is 0 Å². The lowest BCUT2D eigenvalue weighted by molar-refractivity contribution is -0.682. The van der Waals surface area contributed by atoms with Gasteiger partial charge in [0.05, 0.1) is 13.2 Å². The highest BCUT2D eigenvalue weighted by atomic mass is 35.5. The number of hydrogen-bond acceptors (Lipinski definition) is 2. The molecule has 29 heavy (non-hydrogen) atoms. The molecule has 5 heteroatoms.